The van der Waals surface area contributed by atoms with Crippen molar-refractivity contribution in [3.8, 4) is 0 Å². The topological polar surface area (TPSA) is 254 Å². The van der Waals surface area contributed by atoms with Crippen molar-refractivity contribution in [3.63, 3.8) is 0 Å². The number of hydrogen-bond acceptors (Lipinski definition) is 8. The Hall–Kier alpha value is -4.01. The minimum atomic E-state index is -1.74. The number of hydrogen-bond donors (Lipinski definition) is 8. The number of aliphatic carboxylic acids is 3. The Balaban J connectivity index is 2.76. The molecule has 15 heteroatoms. The van der Waals surface area contributed by atoms with Crippen LogP contribution in [-0.2, 0) is 35.2 Å². The van der Waals surface area contributed by atoms with E-state index in [-0.39, 0.29) is 6.42 Å². The van der Waals surface area contributed by atoms with E-state index < -0.39 is 72.6 Å². The summed E-state index contributed by atoms with van der Waals surface area (Å²) in [4.78, 5) is 76.1. The largest absolute Gasteiger partial charge is 0.481 e. The van der Waals surface area contributed by atoms with E-state index in [1.165, 1.54) is 12.5 Å². The van der Waals surface area contributed by atoms with E-state index in [9.17, 15) is 28.8 Å². The fraction of sp³-hybridized carbons (Fsp3) is 0.471. The Morgan fingerprint density at radius 1 is 0.938 bits per heavy atom. The zero-order valence-corrected chi connectivity index (χ0v) is 16.9. The number of carboxylic acids is 3. The number of carbonyl (C=O) groups is 6. The molecule has 1 rings (SSSR count). The molecule has 0 aromatic carbocycles. The smallest absolute Gasteiger partial charge is 0.326 e. The van der Waals surface area contributed by atoms with Gasteiger partial charge in [-0.3, -0.25) is 24.0 Å². The summed E-state index contributed by atoms with van der Waals surface area (Å²) in [6.45, 7) is 1.16. The number of H-pyrrole nitrogens is 1. The number of aromatic nitrogens is 2. The summed E-state index contributed by atoms with van der Waals surface area (Å²) in [5, 5.41) is 33.0. The van der Waals surface area contributed by atoms with Crippen molar-refractivity contribution in [2.75, 3.05) is 0 Å². The van der Waals surface area contributed by atoms with Crippen molar-refractivity contribution in [3.05, 3.63) is 18.2 Å². The molecule has 3 amide bonds. The Labute approximate surface area is 180 Å². The second-order valence-electron chi connectivity index (χ2n) is 6.77. The molecule has 1 aromatic rings. The van der Waals surface area contributed by atoms with Gasteiger partial charge in [0.1, 0.15) is 18.1 Å². The molecule has 0 aliphatic heterocycles. The molecule has 0 fully saturated rings. The van der Waals surface area contributed by atoms with E-state index in [1.54, 1.807) is 0 Å². The summed E-state index contributed by atoms with van der Waals surface area (Å²) in [5.41, 5.74) is 6.29. The molecule has 9 N–H and O–H groups in total. The van der Waals surface area contributed by atoms with E-state index >= 15 is 0 Å². The Bertz CT molecular complexity index is 857. The minimum absolute atomic E-state index is 0.0339. The van der Waals surface area contributed by atoms with Crippen molar-refractivity contribution >= 4 is 35.6 Å². The number of carboxylic acid groups (broad SMARTS) is 3. The van der Waals surface area contributed by atoms with Crippen molar-refractivity contribution in [1.29, 1.82) is 0 Å². The van der Waals surface area contributed by atoms with Crippen molar-refractivity contribution in [1.82, 2.24) is 25.9 Å². The molecule has 176 valence electrons. The van der Waals surface area contributed by atoms with Crippen LogP contribution in [-0.4, -0.2) is 85.1 Å². The van der Waals surface area contributed by atoms with Gasteiger partial charge in [0.05, 0.1) is 25.2 Å². The average molecular weight is 456 g/mol. The molecule has 0 saturated carbocycles. The third-order valence-corrected chi connectivity index (χ3v) is 4.09. The van der Waals surface area contributed by atoms with E-state index in [2.05, 4.69) is 20.6 Å². The van der Waals surface area contributed by atoms with Gasteiger partial charge in [-0.15, -0.1) is 0 Å². The van der Waals surface area contributed by atoms with Gasteiger partial charge in [0.2, 0.25) is 17.7 Å². The molecule has 0 radical (unpaired) electrons. The zero-order chi connectivity index (χ0) is 24.4. The first-order valence-electron chi connectivity index (χ1n) is 9.21. The average Bonchev–Trinajstić information content (AvgIpc) is 3.18. The summed E-state index contributed by atoms with van der Waals surface area (Å²) >= 11 is 0. The van der Waals surface area contributed by atoms with Crippen LogP contribution in [0.2, 0.25) is 0 Å². The summed E-state index contributed by atoms with van der Waals surface area (Å²) in [7, 11) is 0. The van der Waals surface area contributed by atoms with Gasteiger partial charge in [0, 0.05) is 18.3 Å². The Kier molecular flexibility index (Phi) is 9.75. The lowest BCUT2D eigenvalue weighted by molar-refractivity contribution is -0.147. The maximum Gasteiger partial charge on any atom is 0.326 e. The highest BCUT2D eigenvalue weighted by Crippen LogP contribution is 2.01. The van der Waals surface area contributed by atoms with Crippen LogP contribution >= 0.6 is 0 Å². The number of carbonyl (C=O) groups excluding carboxylic acids is 3. The Morgan fingerprint density at radius 3 is 2.00 bits per heavy atom. The van der Waals surface area contributed by atoms with E-state index in [1.807, 2.05) is 5.32 Å². The van der Waals surface area contributed by atoms with Crippen LogP contribution in [0.5, 0.6) is 0 Å². The van der Waals surface area contributed by atoms with Gasteiger partial charge in [0.15, 0.2) is 0 Å². The van der Waals surface area contributed by atoms with E-state index in [0.29, 0.717) is 5.69 Å². The van der Waals surface area contributed by atoms with Crippen LogP contribution < -0.4 is 21.7 Å². The molecule has 0 aliphatic carbocycles. The first-order chi connectivity index (χ1) is 14.9. The minimum Gasteiger partial charge on any atom is -0.481 e. The summed E-state index contributed by atoms with van der Waals surface area (Å²) in [6, 6.07) is -5.83. The van der Waals surface area contributed by atoms with Gasteiger partial charge in [-0.05, 0) is 6.92 Å². The lowest BCUT2D eigenvalue weighted by Crippen LogP contribution is -2.57. The maximum atomic E-state index is 12.4. The highest BCUT2D eigenvalue weighted by Gasteiger charge is 2.30. The fourth-order valence-corrected chi connectivity index (χ4v) is 2.44. The van der Waals surface area contributed by atoms with Crippen LogP contribution in [0, 0.1) is 0 Å². The molecule has 4 unspecified atom stereocenters. The predicted octanol–water partition coefficient (Wildman–Crippen LogP) is -3.21. The monoisotopic (exact) mass is 456 g/mol. The quantitative estimate of drug-likeness (QED) is 0.146. The molecule has 0 bridgehead atoms. The maximum absolute atomic E-state index is 12.4. The first kappa shape index (κ1) is 26.0. The number of rotatable bonds is 13. The van der Waals surface area contributed by atoms with Crippen molar-refractivity contribution in [2.24, 2.45) is 5.73 Å². The number of nitrogens with two attached hydrogens (primary N) is 1. The third kappa shape index (κ3) is 8.78. The van der Waals surface area contributed by atoms with Gasteiger partial charge in [-0.1, -0.05) is 0 Å². The molecule has 1 heterocycles. The molecule has 4 atom stereocenters. The normalized spacial score (nSPS) is 14.3. The van der Waals surface area contributed by atoms with Gasteiger partial charge in [-0.25, -0.2) is 9.78 Å². The standard InChI is InChI=1S/C17H24N6O9/c1-7(14(28)23-11(17(31)32)4-13(26)27)21-16(30)10(3-12(24)25)22-15(29)9(18)2-8-5-19-6-20-8/h5-7,9-11H,2-4,18H2,1H3,(H,19,20)(H,21,30)(H,22,29)(H,23,28)(H,24,25)(H,26,27)(H,31,32). The number of amides is 3. The van der Waals surface area contributed by atoms with Crippen LogP contribution in [0.1, 0.15) is 25.5 Å². The molecule has 0 spiro atoms. The SMILES string of the molecule is CC(NC(=O)C(CC(=O)O)NC(=O)C(N)Cc1cnc[nH]1)C(=O)NC(CC(=O)O)C(=O)O. The van der Waals surface area contributed by atoms with Gasteiger partial charge < -0.3 is 42.0 Å². The molecule has 0 aliphatic rings. The molecule has 15 nitrogen and oxygen atoms in total. The lowest BCUT2D eigenvalue weighted by Gasteiger charge is -2.22. The Morgan fingerprint density at radius 2 is 1.50 bits per heavy atom. The van der Waals surface area contributed by atoms with Crippen LogP contribution in [0.15, 0.2) is 12.5 Å². The van der Waals surface area contributed by atoms with Crippen molar-refractivity contribution < 1.29 is 44.1 Å². The van der Waals surface area contributed by atoms with Crippen LogP contribution in [0.4, 0.5) is 0 Å². The molecular formula is C17H24N6O9. The second-order valence-corrected chi connectivity index (χ2v) is 6.77. The summed E-state index contributed by atoms with van der Waals surface area (Å²) < 4.78 is 0. The van der Waals surface area contributed by atoms with Gasteiger partial charge in [0.25, 0.3) is 0 Å². The third-order valence-electron chi connectivity index (χ3n) is 4.09. The van der Waals surface area contributed by atoms with E-state index in [0.717, 1.165) is 6.92 Å². The zero-order valence-electron chi connectivity index (χ0n) is 16.9. The van der Waals surface area contributed by atoms with Crippen molar-refractivity contribution in [2.45, 2.75) is 50.4 Å². The number of aromatic amines is 1. The summed E-state index contributed by atoms with van der Waals surface area (Å²) in [5.74, 6) is -7.38. The van der Waals surface area contributed by atoms with Gasteiger partial charge in [-0.2, -0.15) is 0 Å². The summed E-state index contributed by atoms with van der Waals surface area (Å²) in [6.07, 6.45) is 1.13. The van der Waals surface area contributed by atoms with Gasteiger partial charge >= 0.3 is 17.9 Å². The molecule has 32 heavy (non-hydrogen) atoms. The second kappa shape index (κ2) is 12.0. The predicted molar refractivity (Wildman–Crippen MR) is 104 cm³/mol. The number of imidazole rings is 1. The highest BCUT2D eigenvalue weighted by atomic mass is 16.4. The molecule has 1 aromatic heterocycles. The fourth-order valence-electron chi connectivity index (χ4n) is 2.44. The van der Waals surface area contributed by atoms with E-state index in [4.69, 9.17) is 21.1 Å². The van der Waals surface area contributed by atoms with Crippen LogP contribution in [0.3, 0.4) is 0 Å². The highest BCUT2D eigenvalue weighted by molar-refractivity contribution is 5.95. The molecule has 0 saturated heterocycles. The lowest BCUT2D eigenvalue weighted by atomic mass is 10.1. The number of nitrogens with one attached hydrogen (secondary N) is 4. The van der Waals surface area contributed by atoms with Crippen LogP contribution in [0.25, 0.3) is 0 Å². The first-order valence-corrected chi connectivity index (χ1v) is 9.21. The molecular weight excluding hydrogens is 432 g/mol. The number of nitrogens with zero attached hydrogens (tertiary/aromatic N) is 1.